The molecule has 3 heteroatoms. The molecule has 28 heavy (non-hydrogen) atoms. The predicted octanol–water partition coefficient (Wildman–Crippen LogP) is 5.24. The molecule has 0 fully saturated rings. The molecule has 144 valence electrons. The minimum absolute atomic E-state index is 0.209. The van der Waals surface area contributed by atoms with Crippen LogP contribution in [-0.4, -0.2) is 23.5 Å². The lowest BCUT2D eigenvalue weighted by Crippen LogP contribution is -2.33. The van der Waals surface area contributed by atoms with Gasteiger partial charge in [0.15, 0.2) is 0 Å². The predicted molar refractivity (Wildman–Crippen MR) is 113 cm³/mol. The van der Waals surface area contributed by atoms with Crippen LogP contribution in [0.1, 0.15) is 34.0 Å². The SMILES string of the molecule is Cc1ccccc1C(=O)O[C@H](C)CN(Cc1ccccc1)Cc1ccccc1. The molecule has 0 saturated carbocycles. The molecule has 0 aromatic heterocycles. The number of hydrogen-bond donors (Lipinski definition) is 0. The van der Waals surface area contributed by atoms with Crippen LogP contribution in [-0.2, 0) is 17.8 Å². The fourth-order valence-corrected chi connectivity index (χ4v) is 3.32. The second kappa shape index (κ2) is 9.86. The number of ether oxygens (including phenoxy) is 1. The van der Waals surface area contributed by atoms with E-state index in [-0.39, 0.29) is 12.1 Å². The molecule has 0 aliphatic heterocycles. The second-order valence-electron chi connectivity index (χ2n) is 7.17. The van der Waals surface area contributed by atoms with E-state index in [0.717, 1.165) is 18.7 Å². The first-order valence-corrected chi connectivity index (χ1v) is 9.68. The Kier molecular flexibility index (Phi) is 6.99. The third-order valence-corrected chi connectivity index (χ3v) is 4.69. The molecule has 1 atom stereocenters. The summed E-state index contributed by atoms with van der Waals surface area (Å²) in [4.78, 5) is 14.9. The van der Waals surface area contributed by atoms with Gasteiger partial charge in [0.1, 0.15) is 6.10 Å². The fourth-order valence-electron chi connectivity index (χ4n) is 3.32. The third kappa shape index (κ3) is 5.80. The average molecular weight is 373 g/mol. The van der Waals surface area contributed by atoms with Crippen molar-refractivity contribution in [1.29, 1.82) is 0 Å². The highest BCUT2D eigenvalue weighted by atomic mass is 16.5. The van der Waals surface area contributed by atoms with E-state index >= 15 is 0 Å². The standard InChI is InChI=1S/C25H27NO2/c1-20-11-9-10-16-24(20)25(27)28-21(2)17-26(18-22-12-5-3-6-13-22)19-23-14-7-4-8-15-23/h3-16,21H,17-19H2,1-2H3/t21-/m1/s1. The molecule has 0 spiro atoms. The zero-order valence-corrected chi connectivity index (χ0v) is 16.5. The molecular formula is C25H27NO2. The minimum Gasteiger partial charge on any atom is -0.458 e. The first kappa shape index (κ1) is 19.8. The van der Waals surface area contributed by atoms with E-state index in [2.05, 4.69) is 53.4 Å². The Balaban J connectivity index is 1.67. The minimum atomic E-state index is -0.259. The van der Waals surface area contributed by atoms with Crippen LogP contribution >= 0.6 is 0 Å². The van der Waals surface area contributed by atoms with E-state index in [1.807, 2.05) is 50.2 Å². The zero-order chi connectivity index (χ0) is 19.8. The topological polar surface area (TPSA) is 29.5 Å². The Hall–Kier alpha value is -2.91. The normalized spacial score (nSPS) is 12.0. The summed E-state index contributed by atoms with van der Waals surface area (Å²) in [6.45, 7) is 6.17. The van der Waals surface area contributed by atoms with Gasteiger partial charge in [0, 0.05) is 19.6 Å². The number of carbonyl (C=O) groups excluding carboxylic acids is 1. The van der Waals surface area contributed by atoms with E-state index in [0.29, 0.717) is 12.1 Å². The highest BCUT2D eigenvalue weighted by molar-refractivity contribution is 5.91. The molecule has 0 saturated heterocycles. The monoisotopic (exact) mass is 373 g/mol. The first-order chi connectivity index (χ1) is 13.6. The van der Waals surface area contributed by atoms with Gasteiger partial charge in [-0.05, 0) is 36.6 Å². The summed E-state index contributed by atoms with van der Waals surface area (Å²) >= 11 is 0. The van der Waals surface area contributed by atoms with Crippen LogP contribution in [0.4, 0.5) is 0 Å². The van der Waals surface area contributed by atoms with Gasteiger partial charge in [-0.1, -0.05) is 78.9 Å². The van der Waals surface area contributed by atoms with Crippen molar-refractivity contribution in [3.05, 3.63) is 107 Å². The summed E-state index contributed by atoms with van der Waals surface area (Å²) < 4.78 is 5.74. The van der Waals surface area contributed by atoms with Crippen LogP contribution in [0.2, 0.25) is 0 Å². The Morgan fingerprint density at radius 2 is 1.32 bits per heavy atom. The summed E-state index contributed by atoms with van der Waals surface area (Å²) in [5, 5.41) is 0. The largest absolute Gasteiger partial charge is 0.458 e. The van der Waals surface area contributed by atoms with Crippen LogP contribution in [0.15, 0.2) is 84.9 Å². The summed E-state index contributed by atoms with van der Waals surface area (Å²) in [6, 6.07) is 28.3. The summed E-state index contributed by atoms with van der Waals surface area (Å²) in [5.41, 5.74) is 4.06. The van der Waals surface area contributed by atoms with Crippen molar-refractivity contribution in [2.45, 2.75) is 33.0 Å². The van der Waals surface area contributed by atoms with Crippen molar-refractivity contribution < 1.29 is 9.53 Å². The van der Waals surface area contributed by atoms with Crippen molar-refractivity contribution in [2.24, 2.45) is 0 Å². The molecule has 0 N–H and O–H groups in total. The van der Waals surface area contributed by atoms with Crippen molar-refractivity contribution in [2.75, 3.05) is 6.54 Å². The van der Waals surface area contributed by atoms with Gasteiger partial charge < -0.3 is 4.74 Å². The highest BCUT2D eigenvalue weighted by Gasteiger charge is 2.17. The molecule has 0 aliphatic rings. The van der Waals surface area contributed by atoms with E-state index < -0.39 is 0 Å². The van der Waals surface area contributed by atoms with Gasteiger partial charge in [0.25, 0.3) is 0 Å². The lowest BCUT2D eigenvalue weighted by atomic mass is 10.1. The van der Waals surface area contributed by atoms with Crippen molar-refractivity contribution >= 4 is 5.97 Å². The van der Waals surface area contributed by atoms with Gasteiger partial charge in [-0.3, -0.25) is 4.90 Å². The molecular weight excluding hydrogens is 346 g/mol. The van der Waals surface area contributed by atoms with Crippen LogP contribution in [0.5, 0.6) is 0 Å². The van der Waals surface area contributed by atoms with E-state index in [4.69, 9.17) is 4.74 Å². The highest BCUT2D eigenvalue weighted by Crippen LogP contribution is 2.14. The molecule has 0 radical (unpaired) electrons. The Morgan fingerprint density at radius 3 is 1.86 bits per heavy atom. The Morgan fingerprint density at radius 1 is 0.821 bits per heavy atom. The van der Waals surface area contributed by atoms with Crippen LogP contribution in [0.25, 0.3) is 0 Å². The Bertz CT molecular complexity index is 836. The number of nitrogens with zero attached hydrogens (tertiary/aromatic N) is 1. The Labute approximate surface area is 167 Å². The van der Waals surface area contributed by atoms with Gasteiger partial charge in [0.2, 0.25) is 0 Å². The van der Waals surface area contributed by atoms with Crippen LogP contribution in [0, 0.1) is 6.92 Å². The van der Waals surface area contributed by atoms with Gasteiger partial charge in [-0.15, -0.1) is 0 Å². The fraction of sp³-hybridized carbons (Fsp3) is 0.240. The van der Waals surface area contributed by atoms with E-state index in [1.54, 1.807) is 0 Å². The number of aryl methyl sites for hydroxylation is 1. The molecule has 0 unspecified atom stereocenters. The number of rotatable bonds is 8. The average Bonchev–Trinajstić information content (AvgIpc) is 2.69. The van der Waals surface area contributed by atoms with Crippen molar-refractivity contribution in [3.8, 4) is 0 Å². The lowest BCUT2D eigenvalue weighted by Gasteiger charge is -2.26. The molecule has 3 aromatic carbocycles. The maximum atomic E-state index is 12.5. The summed E-state index contributed by atoms with van der Waals surface area (Å²) in [5.74, 6) is -0.259. The quantitative estimate of drug-likeness (QED) is 0.506. The molecule has 3 rings (SSSR count). The maximum absolute atomic E-state index is 12.5. The van der Waals surface area contributed by atoms with Gasteiger partial charge in [-0.2, -0.15) is 0 Å². The van der Waals surface area contributed by atoms with Crippen molar-refractivity contribution in [1.82, 2.24) is 4.90 Å². The summed E-state index contributed by atoms with van der Waals surface area (Å²) in [7, 11) is 0. The molecule has 3 aromatic rings. The van der Waals surface area contributed by atoms with Gasteiger partial charge >= 0.3 is 5.97 Å². The zero-order valence-electron chi connectivity index (χ0n) is 16.5. The molecule has 0 aliphatic carbocycles. The lowest BCUT2D eigenvalue weighted by molar-refractivity contribution is 0.0236. The first-order valence-electron chi connectivity index (χ1n) is 9.68. The number of carbonyl (C=O) groups is 1. The van der Waals surface area contributed by atoms with Crippen LogP contribution < -0.4 is 0 Å². The van der Waals surface area contributed by atoms with Crippen molar-refractivity contribution in [3.63, 3.8) is 0 Å². The molecule has 0 bridgehead atoms. The second-order valence-corrected chi connectivity index (χ2v) is 7.17. The third-order valence-electron chi connectivity index (χ3n) is 4.69. The van der Waals surface area contributed by atoms with Gasteiger partial charge in [-0.25, -0.2) is 4.79 Å². The summed E-state index contributed by atoms with van der Waals surface area (Å²) in [6.07, 6.45) is -0.209. The number of benzene rings is 3. The smallest absolute Gasteiger partial charge is 0.338 e. The number of hydrogen-bond acceptors (Lipinski definition) is 3. The van der Waals surface area contributed by atoms with E-state index in [1.165, 1.54) is 11.1 Å². The van der Waals surface area contributed by atoms with Gasteiger partial charge in [0.05, 0.1) is 5.56 Å². The number of esters is 1. The van der Waals surface area contributed by atoms with Crippen LogP contribution in [0.3, 0.4) is 0 Å². The molecule has 0 heterocycles. The maximum Gasteiger partial charge on any atom is 0.338 e. The molecule has 0 amide bonds. The molecule has 3 nitrogen and oxygen atoms in total. The van der Waals surface area contributed by atoms with E-state index in [9.17, 15) is 4.79 Å².